The Morgan fingerprint density at radius 1 is 1.60 bits per heavy atom. The molecule has 1 aliphatic rings. The van der Waals surface area contributed by atoms with Crippen molar-refractivity contribution in [1.82, 2.24) is 25.4 Å². The molecule has 8 heteroatoms. The van der Waals surface area contributed by atoms with Crippen molar-refractivity contribution in [1.29, 1.82) is 0 Å². The molecular weight excluding hydrogens is 298 g/mol. The molecule has 2 aromatic heterocycles. The second kappa shape index (κ2) is 6.34. The van der Waals surface area contributed by atoms with E-state index < -0.39 is 0 Å². The molecule has 1 saturated heterocycles. The van der Waals surface area contributed by atoms with Crippen LogP contribution in [0.2, 0.25) is 0 Å². The van der Waals surface area contributed by atoms with Gasteiger partial charge in [-0.05, 0) is 0 Å². The highest BCUT2D eigenvalue weighted by atomic mass is 35.5. The first-order valence-electron chi connectivity index (χ1n) is 6.16. The van der Waals surface area contributed by atoms with E-state index >= 15 is 0 Å². The van der Waals surface area contributed by atoms with Gasteiger partial charge in [-0.25, -0.2) is 4.98 Å². The summed E-state index contributed by atoms with van der Waals surface area (Å²) in [5.74, 6) is 0.457. The number of hydrogen-bond acceptors (Lipinski definition) is 5. The summed E-state index contributed by atoms with van der Waals surface area (Å²) >= 11 is 1.46. The highest BCUT2D eigenvalue weighted by Crippen LogP contribution is 2.22. The molecular formula is C12H16ClN5OS. The van der Waals surface area contributed by atoms with Crippen LogP contribution in [0.15, 0.2) is 17.8 Å². The zero-order chi connectivity index (χ0) is 13.2. The quantitative estimate of drug-likeness (QED) is 0.880. The minimum absolute atomic E-state index is 0. The van der Waals surface area contributed by atoms with E-state index in [2.05, 4.69) is 20.7 Å². The zero-order valence-electron chi connectivity index (χ0n) is 11.0. The van der Waals surface area contributed by atoms with E-state index in [0.717, 1.165) is 23.7 Å². The Morgan fingerprint density at radius 2 is 2.40 bits per heavy atom. The maximum absolute atomic E-state index is 11.9. The van der Waals surface area contributed by atoms with Crippen molar-refractivity contribution in [3.63, 3.8) is 0 Å². The largest absolute Gasteiger partial charge is 0.350 e. The van der Waals surface area contributed by atoms with Crippen LogP contribution in [0.5, 0.6) is 0 Å². The fraction of sp³-hybridized carbons (Fsp3) is 0.417. The Balaban J connectivity index is 0.00000147. The summed E-state index contributed by atoms with van der Waals surface area (Å²) in [4.78, 5) is 16.3. The lowest BCUT2D eigenvalue weighted by atomic mass is 10.0. The molecule has 20 heavy (non-hydrogen) atoms. The second-order valence-electron chi connectivity index (χ2n) is 4.67. The number of nitrogens with one attached hydrogen (secondary N) is 2. The third-order valence-electron chi connectivity index (χ3n) is 3.11. The summed E-state index contributed by atoms with van der Waals surface area (Å²) in [5, 5.41) is 12.8. The zero-order valence-corrected chi connectivity index (χ0v) is 12.6. The molecule has 108 valence electrons. The van der Waals surface area contributed by atoms with Crippen molar-refractivity contribution in [3.8, 4) is 10.6 Å². The lowest BCUT2D eigenvalue weighted by Gasteiger charge is -2.26. The maximum atomic E-state index is 11.9. The molecule has 0 saturated carbocycles. The highest BCUT2D eigenvalue weighted by molar-refractivity contribution is 7.13. The number of hydrogen-bond donors (Lipinski definition) is 2. The van der Waals surface area contributed by atoms with E-state index in [9.17, 15) is 4.79 Å². The van der Waals surface area contributed by atoms with E-state index in [4.69, 9.17) is 0 Å². The fourth-order valence-electron chi connectivity index (χ4n) is 1.86. The number of thiazole rings is 1. The van der Waals surface area contributed by atoms with E-state index in [0.29, 0.717) is 18.2 Å². The molecule has 0 radical (unpaired) electrons. The van der Waals surface area contributed by atoms with Crippen molar-refractivity contribution in [3.05, 3.63) is 23.5 Å². The highest BCUT2D eigenvalue weighted by Gasteiger charge is 2.18. The molecule has 2 aromatic rings. The Labute approximate surface area is 127 Å². The molecule has 2 N–H and O–H groups in total. The summed E-state index contributed by atoms with van der Waals surface area (Å²) in [6.45, 7) is 2.68. The summed E-state index contributed by atoms with van der Waals surface area (Å²) in [6.07, 6.45) is 3.64. The molecule has 0 aromatic carbocycles. The van der Waals surface area contributed by atoms with Gasteiger partial charge in [0.25, 0.3) is 5.91 Å². The van der Waals surface area contributed by atoms with Gasteiger partial charge < -0.3 is 10.6 Å². The molecule has 6 nitrogen and oxygen atoms in total. The number of aryl methyl sites for hydroxylation is 1. The van der Waals surface area contributed by atoms with E-state index in [1.54, 1.807) is 16.3 Å². The molecule has 0 bridgehead atoms. The van der Waals surface area contributed by atoms with Crippen molar-refractivity contribution >= 4 is 29.7 Å². The Kier molecular flexibility index (Phi) is 4.74. The molecule has 3 rings (SSSR count). The summed E-state index contributed by atoms with van der Waals surface area (Å²) in [7, 11) is 1.86. The molecule has 0 spiro atoms. The number of rotatable bonds is 4. The predicted octanol–water partition coefficient (Wildman–Crippen LogP) is 0.915. The van der Waals surface area contributed by atoms with Gasteiger partial charge in [0.15, 0.2) is 0 Å². The van der Waals surface area contributed by atoms with Gasteiger partial charge in [0.2, 0.25) is 0 Å². The van der Waals surface area contributed by atoms with Crippen molar-refractivity contribution in [2.75, 3.05) is 19.6 Å². The minimum Gasteiger partial charge on any atom is -0.350 e. The monoisotopic (exact) mass is 313 g/mol. The van der Waals surface area contributed by atoms with Gasteiger partial charge in [-0.3, -0.25) is 9.48 Å². The summed E-state index contributed by atoms with van der Waals surface area (Å²) < 4.78 is 1.72. The van der Waals surface area contributed by atoms with E-state index in [-0.39, 0.29) is 18.3 Å². The molecule has 1 amide bonds. The van der Waals surface area contributed by atoms with Crippen molar-refractivity contribution in [2.45, 2.75) is 0 Å². The molecule has 0 atom stereocenters. The van der Waals surface area contributed by atoms with Crippen molar-refractivity contribution < 1.29 is 4.79 Å². The first-order chi connectivity index (χ1) is 9.22. The summed E-state index contributed by atoms with van der Waals surface area (Å²) in [6, 6.07) is 0. The predicted molar refractivity (Wildman–Crippen MR) is 80.3 cm³/mol. The fourth-order valence-corrected chi connectivity index (χ4v) is 2.64. The Morgan fingerprint density at radius 3 is 3.00 bits per heavy atom. The third kappa shape index (κ3) is 3.17. The first-order valence-corrected chi connectivity index (χ1v) is 7.04. The van der Waals surface area contributed by atoms with Crippen LogP contribution in [-0.2, 0) is 7.05 Å². The molecule has 3 heterocycles. The lowest BCUT2D eigenvalue weighted by Crippen LogP contribution is -2.48. The van der Waals surface area contributed by atoms with Crippen LogP contribution >= 0.6 is 23.7 Å². The normalized spacial score (nSPS) is 14.4. The van der Waals surface area contributed by atoms with E-state index in [1.165, 1.54) is 11.3 Å². The number of halogens is 1. The topological polar surface area (TPSA) is 71.8 Å². The average molecular weight is 314 g/mol. The minimum atomic E-state index is -0.0988. The standard InChI is InChI=1S/C12H15N5OS.ClH/c1-17-6-9(5-15-17)12-16-10(7-19-12)11(18)14-4-8-2-13-3-8;/h5-8,13H,2-4H2,1H3,(H,14,18);1H. The molecule has 0 unspecified atom stereocenters. The smallest absolute Gasteiger partial charge is 0.270 e. The summed E-state index contributed by atoms with van der Waals surface area (Å²) in [5.41, 5.74) is 1.42. The van der Waals surface area contributed by atoms with Gasteiger partial charge in [-0.1, -0.05) is 0 Å². The van der Waals surface area contributed by atoms with Crippen LogP contribution in [-0.4, -0.2) is 40.3 Å². The maximum Gasteiger partial charge on any atom is 0.270 e. The van der Waals surface area contributed by atoms with Crippen LogP contribution in [0.1, 0.15) is 10.5 Å². The number of carbonyl (C=O) groups is 1. The van der Waals surface area contributed by atoms with Crippen LogP contribution in [0.25, 0.3) is 10.6 Å². The van der Waals surface area contributed by atoms with Crippen LogP contribution in [0.4, 0.5) is 0 Å². The third-order valence-corrected chi connectivity index (χ3v) is 4.00. The van der Waals surface area contributed by atoms with Gasteiger partial charge >= 0.3 is 0 Å². The van der Waals surface area contributed by atoms with Crippen molar-refractivity contribution in [2.24, 2.45) is 13.0 Å². The molecule has 1 fully saturated rings. The average Bonchev–Trinajstić information content (AvgIpc) is 2.94. The second-order valence-corrected chi connectivity index (χ2v) is 5.53. The first kappa shape index (κ1) is 15.0. The van der Waals surface area contributed by atoms with Crippen LogP contribution in [0, 0.1) is 5.92 Å². The Hall–Kier alpha value is -1.44. The van der Waals surface area contributed by atoms with Gasteiger partial charge in [0.1, 0.15) is 10.7 Å². The number of amides is 1. The van der Waals surface area contributed by atoms with Gasteiger partial charge in [-0.2, -0.15) is 5.10 Å². The molecule has 1 aliphatic heterocycles. The lowest BCUT2D eigenvalue weighted by molar-refractivity contribution is 0.0938. The van der Waals surface area contributed by atoms with Gasteiger partial charge in [0, 0.05) is 49.7 Å². The van der Waals surface area contributed by atoms with Crippen LogP contribution < -0.4 is 10.6 Å². The van der Waals surface area contributed by atoms with Gasteiger partial charge in [-0.15, -0.1) is 23.7 Å². The van der Waals surface area contributed by atoms with Crippen LogP contribution in [0.3, 0.4) is 0 Å². The molecule has 0 aliphatic carbocycles. The van der Waals surface area contributed by atoms with E-state index in [1.807, 2.05) is 13.2 Å². The SMILES string of the molecule is Cl.Cn1cc(-c2nc(C(=O)NCC3CNC3)cs2)cn1. The van der Waals surface area contributed by atoms with Gasteiger partial charge in [0.05, 0.1) is 6.20 Å². The Bertz CT molecular complexity index is 592. The number of aromatic nitrogens is 3. The number of carbonyl (C=O) groups excluding carboxylic acids is 1. The number of nitrogens with zero attached hydrogens (tertiary/aromatic N) is 3.